The molecule has 0 radical (unpaired) electrons. The van der Waals surface area contributed by atoms with E-state index in [0.29, 0.717) is 49.1 Å². The molecule has 0 bridgehead atoms. The lowest BCUT2D eigenvalue weighted by Gasteiger charge is -2.09. The molecule has 6 rings (SSSR count). The number of epoxide rings is 2. The third kappa shape index (κ3) is 7.39. The lowest BCUT2D eigenvalue weighted by atomic mass is 10.2. The van der Waals surface area contributed by atoms with Gasteiger partial charge >= 0.3 is 11.9 Å². The zero-order valence-electron chi connectivity index (χ0n) is 22.7. The molecule has 2 atom stereocenters. The standard InChI is InChI=1S/C32H26O10S/c33-31(21-1-5-23(6-2-21)37-17-27-19-39-27)41-25-9-13-29(14-10-25)43(35,36)30-15-11-26(12-16-30)42-32(34)22-3-7-24(8-4-22)38-18-28-20-40-28/h1-16,27-28H,17-20H2. The molecule has 2 unspecified atom stereocenters. The fraction of sp³-hybridized carbons (Fsp3) is 0.188. The lowest BCUT2D eigenvalue weighted by Crippen LogP contribution is -2.10. The Morgan fingerprint density at radius 2 is 0.884 bits per heavy atom. The molecule has 43 heavy (non-hydrogen) atoms. The van der Waals surface area contributed by atoms with E-state index < -0.39 is 21.8 Å². The molecule has 0 N–H and O–H groups in total. The van der Waals surface area contributed by atoms with Crippen molar-refractivity contribution < 1.29 is 46.4 Å². The molecule has 11 heteroatoms. The monoisotopic (exact) mass is 602 g/mol. The van der Waals surface area contributed by atoms with Gasteiger partial charge in [-0.2, -0.15) is 0 Å². The predicted molar refractivity (Wildman–Crippen MR) is 152 cm³/mol. The summed E-state index contributed by atoms with van der Waals surface area (Å²) >= 11 is 0. The molecule has 0 amide bonds. The summed E-state index contributed by atoms with van der Waals surface area (Å²) in [6.45, 7) is 2.30. The Morgan fingerprint density at radius 1 is 0.558 bits per heavy atom. The van der Waals surface area contributed by atoms with Gasteiger partial charge in [0, 0.05) is 0 Å². The molecule has 2 heterocycles. The van der Waals surface area contributed by atoms with Gasteiger partial charge in [-0.3, -0.25) is 0 Å². The molecule has 2 aliphatic heterocycles. The normalized spacial score (nSPS) is 17.0. The van der Waals surface area contributed by atoms with Crippen LogP contribution < -0.4 is 18.9 Å². The molecule has 10 nitrogen and oxygen atoms in total. The van der Waals surface area contributed by atoms with E-state index in [-0.39, 0.29) is 33.5 Å². The zero-order valence-corrected chi connectivity index (χ0v) is 23.5. The van der Waals surface area contributed by atoms with E-state index in [1.807, 2.05) is 0 Å². The highest BCUT2D eigenvalue weighted by Crippen LogP contribution is 2.26. The van der Waals surface area contributed by atoms with Crippen LogP contribution in [0.15, 0.2) is 107 Å². The van der Waals surface area contributed by atoms with Crippen LogP contribution in [0.5, 0.6) is 23.0 Å². The van der Waals surface area contributed by atoms with E-state index in [9.17, 15) is 18.0 Å². The van der Waals surface area contributed by atoms with E-state index in [1.54, 1.807) is 48.5 Å². The second-order valence-electron chi connectivity index (χ2n) is 9.81. The highest BCUT2D eigenvalue weighted by molar-refractivity contribution is 7.91. The number of carbonyl (C=O) groups excluding carboxylic acids is 2. The van der Waals surface area contributed by atoms with Crippen molar-refractivity contribution in [3.05, 3.63) is 108 Å². The van der Waals surface area contributed by atoms with Crippen LogP contribution in [-0.4, -0.2) is 59.0 Å². The number of carbonyl (C=O) groups is 2. The Hall–Kier alpha value is -4.71. The van der Waals surface area contributed by atoms with E-state index in [0.717, 1.165) is 0 Å². The molecular weight excluding hydrogens is 576 g/mol. The largest absolute Gasteiger partial charge is 0.491 e. The summed E-state index contributed by atoms with van der Waals surface area (Å²) in [5.74, 6) is 0.423. The summed E-state index contributed by atoms with van der Waals surface area (Å²) in [5.41, 5.74) is 0.635. The quantitative estimate of drug-likeness (QED) is 0.130. The van der Waals surface area contributed by atoms with Gasteiger partial charge < -0.3 is 28.4 Å². The number of esters is 2. The highest BCUT2D eigenvalue weighted by atomic mass is 32.2. The van der Waals surface area contributed by atoms with Crippen LogP contribution in [0.3, 0.4) is 0 Å². The fourth-order valence-corrected chi connectivity index (χ4v) is 5.18. The molecule has 0 saturated carbocycles. The molecule has 0 aliphatic carbocycles. The van der Waals surface area contributed by atoms with Crippen LogP contribution in [0.4, 0.5) is 0 Å². The first-order valence-corrected chi connectivity index (χ1v) is 14.9. The molecule has 4 aromatic carbocycles. The molecular formula is C32H26O10S. The van der Waals surface area contributed by atoms with Crippen molar-refractivity contribution in [1.82, 2.24) is 0 Å². The summed E-state index contributed by atoms with van der Waals surface area (Å²) in [7, 11) is -3.88. The summed E-state index contributed by atoms with van der Waals surface area (Å²) < 4.78 is 58.4. The second-order valence-corrected chi connectivity index (χ2v) is 11.8. The number of benzene rings is 4. The molecule has 4 aromatic rings. The first kappa shape index (κ1) is 28.4. The minimum atomic E-state index is -3.88. The Bertz CT molecular complexity index is 1570. The minimum Gasteiger partial charge on any atom is -0.491 e. The van der Waals surface area contributed by atoms with E-state index in [4.69, 9.17) is 28.4 Å². The molecule has 2 aliphatic rings. The maximum atomic E-state index is 13.2. The van der Waals surface area contributed by atoms with E-state index >= 15 is 0 Å². The minimum absolute atomic E-state index is 0.00810. The smallest absolute Gasteiger partial charge is 0.343 e. The van der Waals surface area contributed by atoms with E-state index in [1.165, 1.54) is 48.5 Å². The molecule has 220 valence electrons. The van der Waals surface area contributed by atoms with Crippen molar-refractivity contribution in [2.45, 2.75) is 22.0 Å². The van der Waals surface area contributed by atoms with Gasteiger partial charge in [0.1, 0.15) is 48.4 Å². The predicted octanol–water partition coefficient (Wildman–Crippen LogP) is 4.51. The number of hydrogen-bond donors (Lipinski definition) is 0. The fourth-order valence-electron chi connectivity index (χ4n) is 3.92. The Kier molecular flexibility index (Phi) is 8.10. The van der Waals surface area contributed by atoms with Gasteiger partial charge in [-0.15, -0.1) is 0 Å². The Labute approximate surface area is 247 Å². The third-order valence-corrected chi connectivity index (χ3v) is 8.33. The summed E-state index contributed by atoms with van der Waals surface area (Å²) in [5, 5.41) is 0. The van der Waals surface area contributed by atoms with Crippen molar-refractivity contribution in [2.24, 2.45) is 0 Å². The maximum absolute atomic E-state index is 13.2. The SMILES string of the molecule is O=C(Oc1ccc(S(=O)(=O)c2ccc(OC(=O)c3ccc(OCC4CO4)cc3)cc2)cc1)c1ccc(OCC2CO2)cc1. The first-order valence-electron chi connectivity index (χ1n) is 13.4. The summed E-state index contributed by atoms with van der Waals surface area (Å²) in [6.07, 6.45) is 0.257. The van der Waals surface area contributed by atoms with Crippen molar-refractivity contribution in [3.63, 3.8) is 0 Å². The van der Waals surface area contributed by atoms with Crippen molar-refractivity contribution in [1.29, 1.82) is 0 Å². The van der Waals surface area contributed by atoms with Crippen LogP contribution in [-0.2, 0) is 19.3 Å². The number of sulfone groups is 1. The van der Waals surface area contributed by atoms with Crippen LogP contribution in [0.2, 0.25) is 0 Å². The van der Waals surface area contributed by atoms with Gasteiger partial charge in [0.25, 0.3) is 0 Å². The average Bonchev–Trinajstić information content (AvgIpc) is 3.96. The third-order valence-electron chi connectivity index (χ3n) is 6.55. The summed E-state index contributed by atoms with van der Waals surface area (Å²) in [4.78, 5) is 25.1. The number of hydrogen-bond acceptors (Lipinski definition) is 10. The Balaban J connectivity index is 1.03. The molecule has 0 spiro atoms. The molecule has 2 saturated heterocycles. The van der Waals surface area contributed by atoms with Crippen molar-refractivity contribution in [2.75, 3.05) is 26.4 Å². The molecule has 2 fully saturated rings. The van der Waals surface area contributed by atoms with Gasteiger partial charge in [-0.25, -0.2) is 18.0 Å². The Morgan fingerprint density at radius 3 is 1.21 bits per heavy atom. The number of rotatable bonds is 12. The topological polar surface area (TPSA) is 130 Å². The van der Waals surface area contributed by atoms with Gasteiger partial charge in [0.05, 0.1) is 34.1 Å². The van der Waals surface area contributed by atoms with Crippen molar-refractivity contribution >= 4 is 21.8 Å². The van der Waals surface area contributed by atoms with Gasteiger partial charge in [0.2, 0.25) is 9.84 Å². The van der Waals surface area contributed by atoms with Crippen molar-refractivity contribution in [3.8, 4) is 23.0 Å². The lowest BCUT2D eigenvalue weighted by molar-refractivity contribution is 0.0725. The van der Waals surface area contributed by atoms with E-state index in [2.05, 4.69) is 0 Å². The second kappa shape index (κ2) is 12.3. The average molecular weight is 603 g/mol. The van der Waals surface area contributed by atoms with Gasteiger partial charge in [-0.05, 0) is 97.1 Å². The van der Waals surface area contributed by atoms with Crippen LogP contribution >= 0.6 is 0 Å². The van der Waals surface area contributed by atoms with Crippen LogP contribution in [0.25, 0.3) is 0 Å². The highest BCUT2D eigenvalue weighted by Gasteiger charge is 2.24. The van der Waals surface area contributed by atoms with Gasteiger partial charge in [0.15, 0.2) is 0 Å². The van der Waals surface area contributed by atoms with Crippen LogP contribution in [0, 0.1) is 0 Å². The summed E-state index contributed by atoms with van der Waals surface area (Å²) in [6, 6.07) is 24.1. The molecule has 0 aromatic heterocycles. The number of ether oxygens (including phenoxy) is 6. The first-order chi connectivity index (χ1) is 20.8. The van der Waals surface area contributed by atoms with Crippen LogP contribution in [0.1, 0.15) is 20.7 Å². The van der Waals surface area contributed by atoms with Gasteiger partial charge in [-0.1, -0.05) is 0 Å². The maximum Gasteiger partial charge on any atom is 0.343 e. The zero-order chi connectivity index (χ0) is 29.8.